The van der Waals surface area contributed by atoms with Crippen molar-refractivity contribution in [2.45, 2.75) is 51.2 Å². The summed E-state index contributed by atoms with van der Waals surface area (Å²) in [6.07, 6.45) is 7.57. The third kappa shape index (κ3) is 4.09. The zero-order valence-electron chi connectivity index (χ0n) is 10.5. The first-order chi connectivity index (χ1) is 8.38. The summed E-state index contributed by atoms with van der Waals surface area (Å²) in [5, 5.41) is 10.3. The molecule has 2 rings (SSSR count). The van der Waals surface area contributed by atoms with Crippen molar-refractivity contribution < 1.29 is 4.74 Å². The molecule has 2 heterocycles. The van der Waals surface area contributed by atoms with Crippen molar-refractivity contribution in [1.29, 1.82) is 0 Å². The van der Waals surface area contributed by atoms with Crippen LogP contribution in [0, 0.1) is 0 Å². The highest BCUT2D eigenvalue weighted by molar-refractivity contribution is 4.83. The molecule has 2 unspecified atom stereocenters. The zero-order chi connectivity index (χ0) is 11.9. The molecule has 1 aromatic heterocycles. The van der Waals surface area contributed by atoms with Crippen LogP contribution in [0.2, 0.25) is 0 Å². The molecule has 1 aliphatic heterocycles. The highest BCUT2D eigenvalue weighted by Crippen LogP contribution is 2.17. The van der Waals surface area contributed by atoms with Crippen LogP contribution in [0.1, 0.15) is 38.4 Å². The average molecular weight is 238 g/mol. The Morgan fingerprint density at radius 3 is 3.29 bits per heavy atom. The lowest BCUT2D eigenvalue weighted by atomic mass is 10.00. The van der Waals surface area contributed by atoms with E-state index in [1.54, 1.807) is 6.33 Å². The number of hydrogen-bond donors (Lipinski definition) is 2. The average Bonchev–Trinajstić information content (AvgIpc) is 2.83. The number of rotatable bonds is 6. The van der Waals surface area contributed by atoms with E-state index < -0.39 is 0 Å². The highest BCUT2D eigenvalue weighted by atomic mass is 16.5. The largest absolute Gasteiger partial charge is 0.378 e. The first kappa shape index (κ1) is 12.5. The van der Waals surface area contributed by atoms with Gasteiger partial charge in [-0.2, -0.15) is 5.10 Å². The molecular weight excluding hydrogens is 216 g/mol. The minimum Gasteiger partial charge on any atom is -0.378 e. The molecule has 1 aromatic rings. The smallest absolute Gasteiger partial charge is 0.137 e. The lowest BCUT2D eigenvalue weighted by Crippen LogP contribution is -2.39. The van der Waals surface area contributed by atoms with Crippen LogP contribution in [0.3, 0.4) is 0 Å². The summed E-state index contributed by atoms with van der Waals surface area (Å²) in [5.41, 5.74) is 0. The number of nitrogens with zero attached hydrogens (tertiary/aromatic N) is 2. The minimum absolute atomic E-state index is 0.455. The molecule has 0 saturated carbocycles. The van der Waals surface area contributed by atoms with E-state index in [4.69, 9.17) is 4.74 Å². The SMILES string of the molecule is CCCC1CC(NCCc2ncn[nH]2)CCO1. The van der Waals surface area contributed by atoms with Gasteiger partial charge in [-0.3, -0.25) is 5.10 Å². The van der Waals surface area contributed by atoms with Crippen LogP contribution in [-0.4, -0.2) is 40.5 Å². The second-order valence-electron chi connectivity index (χ2n) is 4.64. The molecule has 0 aromatic carbocycles. The van der Waals surface area contributed by atoms with E-state index >= 15 is 0 Å². The Morgan fingerprint density at radius 2 is 2.53 bits per heavy atom. The Hall–Kier alpha value is -0.940. The van der Waals surface area contributed by atoms with Crippen molar-refractivity contribution in [1.82, 2.24) is 20.5 Å². The number of aromatic amines is 1. The molecule has 2 atom stereocenters. The van der Waals surface area contributed by atoms with Gasteiger partial charge in [-0.1, -0.05) is 13.3 Å². The third-order valence-electron chi connectivity index (χ3n) is 3.24. The number of ether oxygens (including phenoxy) is 1. The van der Waals surface area contributed by atoms with Crippen LogP contribution in [0.25, 0.3) is 0 Å². The van der Waals surface area contributed by atoms with Gasteiger partial charge in [0.2, 0.25) is 0 Å². The first-order valence-electron chi connectivity index (χ1n) is 6.57. The molecule has 96 valence electrons. The van der Waals surface area contributed by atoms with Gasteiger partial charge in [0.05, 0.1) is 6.10 Å². The van der Waals surface area contributed by atoms with Crippen molar-refractivity contribution in [2.75, 3.05) is 13.2 Å². The summed E-state index contributed by atoms with van der Waals surface area (Å²) in [5.74, 6) is 0.953. The van der Waals surface area contributed by atoms with E-state index in [2.05, 4.69) is 27.4 Å². The lowest BCUT2D eigenvalue weighted by Gasteiger charge is -2.30. The molecule has 2 N–H and O–H groups in total. The van der Waals surface area contributed by atoms with Crippen molar-refractivity contribution >= 4 is 0 Å². The predicted molar refractivity (Wildman–Crippen MR) is 65.8 cm³/mol. The van der Waals surface area contributed by atoms with Gasteiger partial charge in [0.25, 0.3) is 0 Å². The van der Waals surface area contributed by atoms with E-state index in [0.29, 0.717) is 12.1 Å². The Kier molecular flexibility index (Phi) is 4.94. The maximum absolute atomic E-state index is 5.73. The highest BCUT2D eigenvalue weighted by Gasteiger charge is 2.21. The van der Waals surface area contributed by atoms with Crippen LogP contribution >= 0.6 is 0 Å². The molecule has 0 radical (unpaired) electrons. The summed E-state index contributed by atoms with van der Waals surface area (Å²) >= 11 is 0. The van der Waals surface area contributed by atoms with E-state index in [9.17, 15) is 0 Å². The van der Waals surface area contributed by atoms with Gasteiger partial charge in [-0.15, -0.1) is 0 Å². The van der Waals surface area contributed by atoms with Gasteiger partial charge in [-0.05, 0) is 19.3 Å². The number of H-pyrrole nitrogens is 1. The Bertz CT molecular complexity index is 299. The normalized spacial score (nSPS) is 25.0. The Labute approximate surface area is 102 Å². The van der Waals surface area contributed by atoms with Crippen LogP contribution < -0.4 is 5.32 Å². The monoisotopic (exact) mass is 238 g/mol. The van der Waals surface area contributed by atoms with Gasteiger partial charge >= 0.3 is 0 Å². The molecule has 17 heavy (non-hydrogen) atoms. The zero-order valence-corrected chi connectivity index (χ0v) is 10.5. The molecular formula is C12H22N4O. The van der Waals surface area contributed by atoms with E-state index in [1.807, 2.05) is 0 Å². The first-order valence-corrected chi connectivity index (χ1v) is 6.57. The fourth-order valence-electron chi connectivity index (χ4n) is 2.33. The molecule has 0 amide bonds. The van der Waals surface area contributed by atoms with E-state index in [-0.39, 0.29) is 0 Å². The minimum atomic E-state index is 0.455. The summed E-state index contributed by atoms with van der Waals surface area (Å²) in [6, 6.07) is 0.600. The van der Waals surface area contributed by atoms with Gasteiger partial charge < -0.3 is 10.1 Å². The van der Waals surface area contributed by atoms with Gasteiger partial charge in [0.15, 0.2) is 0 Å². The summed E-state index contributed by atoms with van der Waals surface area (Å²) < 4.78 is 5.73. The molecule has 1 fully saturated rings. The number of aromatic nitrogens is 3. The Balaban J connectivity index is 1.65. The molecule has 1 saturated heterocycles. The fraction of sp³-hybridized carbons (Fsp3) is 0.833. The van der Waals surface area contributed by atoms with Crippen molar-refractivity contribution in [3.63, 3.8) is 0 Å². The van der Waals surface area contributed by atoms with Crippen molar-refractivity contribution in [3.8, 4) is 0 Å². The quantitative estimate of drug-likeness (QED) is 0.784. The van der Waals surface area contributed by atoms with Crippen LogP contribution in [-0.2, 0) is 11.2 Å². The topological polar surface area (TPSA) is 62.8 Å². The van der Waals surface area contributed by atoms with Crippen LogP contribution in [0.15, 0.2) is 6.33 Å². The van der Waals surface area contributed by atoms with Crippen molar-refractivity contribution in [2.24, 2.45) is 0 Å². The maximum atomic E-state index is 5.73. The van der Waals surface area contributed by atoms with Crippen molar-refractivity contribution in [3.05, 3.63) is 12.2 Å². The summed E-state index contributed by atoms with van der Waals surface area (Å²) in [4.78, 5) is 4.11. The van der Waals surface area contributed by atoms with Crippen LogP contribution in [0.4, 0.5) is 0 Å². The molecule has 5 nitrogen and oxygen atoms in total. The second kappa shape index (κ2) is 6.71. The van der Waals surface area contributed by atoms with Crippen LogP contribution in [0.5, 0.6) is 0 Å². The Morgan fingerprint density at radius 1 is 1.59 bits per heavy atom. The van der Waals surface area contributed by atoms with Gasteiger partial charge in [-0.25, -0.2) is 4.98 Å². The molecule has 0 bridgehead atoms. The maximum Gasteiger partial charge on any atom is 0.137 e. The molecule has 1 aliphatic rings. The number of hydrogen-bond acceptors (Lipinski definition) is 4. The fourth-order valence-corrected chi connectivity index (χ4v) is 2.33. The van der Waals surface area contributed by atoms with E-state index in [0.717, 1.165) is 38.2 Å². The lowest BCUT2D eigenvalue weighted by molar-refractivity contribution is -0.00301. The molecule has 5 heteroatoms. The predicted octanol–water partition coefficient (Wildman–Crippen LogP) is 1.28. The second-order valence-corrected chi connectivity index (χ2v) is 4.64. The summed E-state index contributed by atoms with van der Waals surface area (Å²) in [7, 11) is 0. The summed E-state index contributed by atoms with van der Waals surface area (Å²) in [6.45, 7) is 4.06. The standard InChI is InChI=1S/C12H22N4O/c1-2-3-11-8-10(5-7-17-11)13-6-4-12-14-9-15-16-12/h9-11,13H,2-8H2,1H3,(H,14,15,16). The molecule has 0 spiro atoms. The third-order valence-corrected chi connectivity index (χ3v) is 3.24. The number of nitrogens with one attached hydrogen (secondary N) is 2. The molecule has 0 aliphatic carbocycles. The van der Waals surface area contributed by atoms with Gasteiger partial charge in [0, 0.05) is 25.6 Å². The van der Waals surface area contributed by atoms with Gasteiger partial charge in [0.1, 0.15) is 12.2 Å². The van der Waals surface area contributed by atoms with E-state index in [1.165, 1.54) is 12.8 Å².